The summed E-state index contributed by atoms with van der Waals surface area (Å²) in [5.41, 5.74) is 5.02. The van der Waals surface area contributed by atoms with Crippen molar-refractivity contribution in [3.8, 4) is 16.9 Å². The summed E-state index contributed by atoms with van der Waals surface area (Å²) < 4.78 is 42.6. The maximum atomic E-state index is 14.1. The Bertz CT molecular complexity index is 1690. The standard InChI is InChI=1S/C36H34ClF3N2O5/c1-3-4-31(24-5-7-26(8-6-24)34(45)41-20-19-32(43)44)33(25-11-16-29(17-12-25)47-36(38,39)40)35(46)42-28-14-9-23(10-15-28)30-18-13-27(37)21-22(30)2/h5-18,21,31,33H,3-4,19-20H2,1-2H3,(H,41,45)(H,42,46)(H,43,44). The Morgan fingerprint density at radius 3 is 2.11 bits per heavy atom. The van der Waals surface area contributed by atoms with E-state index >= 15 is 0 Å². The van der Waals surface area contributed by atoms with Crippen LogP contribution in [-0.2, 0) is 9.59 Å². The number of amides is 2. The average molecular weight is 667 g/mol. The molecule has 2 amide bonds. The molecule has 0 aromatic heterocycles. The van der Waals surface area contributed by atoms with Crippen LogP contribution in [0.2, 0.25) is 5.02 Å². The van der Waals surface area contributed by atoms with Crippen LogP contribution in [0.5, 0.6) is 5.75 Å². The second-order valence-electron chi connectivity index (χ2n) is 11.0. The summed E-state index contributed by atoms with van der Waals surface area (Å²) in [5.74, 6) is -3.45. The molecule has 4 aromatic carbocycles. The molecule has 7 nitrogen and oxygen atoms in total. The first-order chi connectivity index (χ1) is 22.3. The van der Waals surface area contributed by atoms with E-state index in [-0.39, 0.29) is 18.9 Å². The first kappa shape index (κ1) is 35.0. The SMILES string of the molecule is CCCC(c1ccc(C(=O)NCCC(=O)O)cc1)C(C(=O)Nc1ccc(-c2ccc(Cl)cc2C)cc1)c1ccc(OC(F)(F)F)cc1. The van der Waals surface area contributed by atoms with Crippen LogP contribution in [0.4, 0.5) is 18.9 Å². The quantitative estimate of drug-likeness (QED) is 0.132. The van der Waals surface area contributed by atoms with E-state index in [9.17, 15) is 27.6 Å². The number of alkyl halides is 3. The number of rotatable bonds is 13. The molecule has 47 heavy (non-hydrogen) atoms. The maximum Gasteiger partial charge on any atom is 0.573 e. The number of carbonyl (C=O) groups is 3. The molecule has 246 valence electrons. The number of nitrogens with one attached hydrogen (secondary N) is 2. The van der Waals surface area contributed by atoms with Crippen molar-refractivity contribution in [2.45, 2.75) is 51.3 Å². The minimum absolute atomic E-state index is 0.0229. The van der Waals surface area contributed by atoms with Gasteiger partial charge in [0.25, 0.3) is 5.91 Å². The number of anilines is 1. The molecule has 2 atom stereocenters. The minimum atomic E-state index is -4.86. The first-order valence-electron chi connectivity index (χ1n) is 15.0. The molecule has 0 saturated heterocycles. The van der Waals surface area contributed by atoms with E-state index in [1.807, 2.05) is 44.2 Å². The number of benzene rings is 4. The molecule has 0 spiro atoms. The van der Waals surface area contributed by atoms with Crippen LogP contribution in [0, 0.1) is 6.92 Å². The summed E-state index contributed by atoms with van der Waals surface area (Å²) in [7, 11) is 0. The number of hydrogen-bond acceptors (Lipinski definition) is 4. The van der Waals surface area contributed by atoms with E-state index in [0.29, 0.717) is 34.7 Å². The van der Waals surface area contributed by atoms with Gasteiger partial charge in [-0.1, -0.05) is 67.4 Å². The molecule has 0 aliphatic rings. The number of carbonyl (C=O) groups excluding carboxylic acids is 2. The van der Waals surface area contributed by atoms with Gasteiger partial charge in [0.1, 0.15) is 5.75 Å². The van der Waals surface area contributed by atoms with E-state index < -0.39 is 35.8 Å². The Morgan fingerprint density at radius 1 is 0.894 bits per heavy atom. The van der Waals surface area contributed by atoms with E-state index in [2.05, 4.69) is 15.4 Å². The van der Waals surface area contributed by atoms with Gasteiger partial charge in [0.05, 0.1) is 12.3 Å². The number of aliphatic carboxylic acids is 1. The summed E-state index contributed by atoms with van der Waals surface area (Å²) in [6, 6.07) is 24.9. The summed E-state index contributed by atoms with van der Waals surface area (Å²) >= 11 is 6.11. The highest BCUT2D eigenvalue weighted by Crippen LogP contribution is 2.39. The molecule has 4 rings (SSSR count). The molecule has 0 saturated carbocycles. The van der Waals surface area contributed by atoms with Crippen LogP contribution in [0.25, 0.3) is 11.1 Å². The van der Waals surface area contributed by atoms with Crippen LogP contribution in [0.15, 0.2) is 91.0 Å². The van der Waals surface area contributed by atoms with Gasteiger partial charge in [0, 0.05) is 22.8 Å². The molecular weight excluding hydrogens is 633 g/mol. The van der Waals surface area contributed by atoms with Crippen molar-refractivity contribution in [3.05, 3.63) is 118 Å². The highest BCUT2D eigenvalue weighted by Gasteiger charge is 2.33. The van der Waals surface area contributed by atoms with Gasteiger partial charge in [-0.25, -0.2) is 0 Å². The molecule has 0 radical (unpaired) electrons. The summed E-state index contributed by atoms with van der Waals surface area (Å²) in [6.45, 7) is 3.90. The van der Waals surface area contributed by atoms with E-state index in [1.54, 1.807) is 36.4 Å². The van der Waals surface area contributed by atoms with E-state index in [4.69, 9.17) is 16.7 Å². The molecule has 0 heterocycles. The maximum absolute atomic E-state index is 14.1. The van der Waals surface area contributed by atoms with Crippen molar-refractivity contribution in [1.82, 2.24) is 5.32 Å². The Hall–Kier alpha value is -4.83. The van der Waals surface area contributed by atoms with E-state index in [0.717, 1.165) is 22.3 Å². The summed E-state index contributed by atoms with van der Waals surface area (Å²) in [6.07, 6.45) is -3.83. The zero-order chi connectivity index (χ0) is 34.1. The van der Waals surface area contributed by atoms with Gasteiger partial charge in [0.15, 0.2) is 0 Å². The molecule has 11 heteroatoms. The lowest BCUT2D eigenvalue weighted by atomic mass is 9.78. The number of carboxylic acid groups (broad SMARTS) is 1. The van der Waals surface area contributed by atoms with Crippen LogP contribution < -0.4 is 15.4 Å². The first-order valence-corrected chi connectivity index (χ1v) is 15.4. The molecular formula is C36H34ClF3N2O5. The fourth-order valence-electron chi connectivity index (χ4n) is 5.45. The lowest BCUT2D eigenvalue weighted by Crippen LogP contribution is -2.27. The van der Waals surface area contributed by atoms with Gasteiger partial charge in [-0.15, -0.1) is 13.2 Å². The van der Waals surface area contributed by atoms with Crippen LogP contribution >= 0.6 is 11.6 Å². The van der Waals surface area contributed by atoms with Crippen LogP contribution in [0.3, 0.4) is 0 Å². The number of halogens is 4. The molecule has 3 N–H and O–H groups in total. The van der Waals surface area contributed by atoms with Crippen molar-refractivity contribution < 1.29 is 37.4 Å². The van der Waals surface area contributed by atoms with E-state index in [1.165, 1.54) is 24.3 Å². The van der Waals surface area contributed by atoms with Gasteiger partial charge in [-0.2, -0.15) is 0 Å². The molecule has 2 unspecified atom stereocenters. The molecule has 4 aromatic rings. The second-order valence-corrected chi connectivity index (χ2v) is 11.5. The van der Waals surface area contributed by atoms with Gasteiger partial charge < -0.3 is 20.5 Å². The van der Waals surface area contributed by atoms with Crippen molar-refractivity contribution in [3.63, 3.8) is 0 Å². The molecule has 0 aliphatic heterocycles. The minimum Gasteiger partial charge on any atom is -0.481 e. The van der Waals surface area contributed by atoms with Gasteiger partial charge in [-0.3, -0.25) is 14.4 Å². The highest BCUT2D eigenvalue weighted by atomic mass is 35.5. The second kappa shape index (κ2) is 15.6. The van der Waals surface area contributed by atoms with Gasteiger partial charge >= 0.3 is 12.3 Å². The van der Waals surface area contributed by atoms with Gasteiger partial charge in [-0.05, 0) is 95.6 Å². The third kappa shape index (κ3) is 9.83. The monoisotopic (exact) mass is 666 g/mol. The van der Waals surface area contributed by atoms with Crippen LogP contribution in [0.1, 0.15) is 65.1 Å². The predicted octanol–water partition coefficient (Wildman–Crippen LogP) is 8.72. The Kier molecular flexibility index (Phi) is 11.7. The van der Waals surface area contributed by atoms with Gasteiger partial charge in [0.2, 0.25) is 5.91 Å². The van der Waals surface area contributed by atoms with Crippen LogP contribution in [-0.4, -0.2) is 35.8 Å². The fourth-order valence-corrected chi connectivity index (χ4v) is 5.68. The number of hydrogen-bond donors (Lipinski definition) is 3. The largest absolute Gasteiger partial charge is 0.573 e. The third-order valence-electron chi connectivity index (χ3n) is 7.63. The number of aryl methyl sites for hydroxylation is 1. The third-order valence-corrected chi connectivity index (χ3v) is 7.87. The predicted molar refractivity (Wildman–Crippen MR) is 175 cm³/mol. The van der Waals surface area contributed by atoms with Crippen molar-refractivity contribution in [1.29, 1.82) is 0 Å². The van der Waals surface area contributed by atoms with Crippen molar-refractivity contribution in [2.75, 3.05) is 11.9 Å². The Labute approximate surface area is 275 Å². The summed E-state index contributed by atoms with van der Waals surface area (Å²) in [5, 5.41) is 15.0. The fraction of sp³-hybridized carbons (Fsp3) is 0.250. The lowest BCUT2D eigenvalue weighted by molar-refractivity contribution is -0.274. The smallest absolute Gasteiger partial charge is 0.481 e. The number of ether oxygens (including phenoxy) is 1. The molecule has 0 aliphatic carbocycles. The van der Waals surface area contributed by atoms with Crippen molar-refractivity contribution >= 4 is 35.1 Å². The Morgan fingerprint density at radius 2 is 1.53 bits per heavy atom. The zero-order valence-electron chi connectivity index (χ0n) is 25.7. The molecule has 0 fully saturated rings. The lowest BCUT2D eigenvalue weighted by Gasteiger charge is -2.28. The Balaban J connectivity index is 1.64. The summed E-state index contributed by atoms with van der Waals surface area (Å²) in [4.78, 5) is 37.4. The highest BCUT2D eigenvalue weighted by molar-refractivity contribution is 6.30. The number of carboxylic acids is 1. The van der Waals surface area contributed by atoms with Crippen molar-refractivity contribution in [2.24, 2.45) is 0 Å². The topological polar surface area (TPSA) is 105 Å². The zero-order valence-corrected chi connectivity index (χ0v) is 26.5. The average Bonchev–Trinajstić information content (AvgIpc) is 3.01. The normalized spacial score (nSPS) is 12.6. The molecule has 0 bridgehead atoms.